The van der Waals surface area contributed by atoms with Gasteiger partial charge in [0.15, 0.2) is 0 Å². The van der Waals surface area contributed by atoms with E-state index in [9.17, 15) is 8.53 Å². The number of carbonyl (C=O) groups is 1. The van der Waals surface area contributed by atoms with Crippen LogP contribution in [0.2, 0.25) is 0 Å². The Balaban J connectivity index is 3.32. The molecule has 0 aromatic rings. The molecule has 0 aromatic carbocycles. The number of hydrogen-bond donors (Lipinski definition) is 1. The van der Waals surface area contributed by atoms with E-state index in [0.717, 1.165) is 6.92 Å². The number of carbonyl (C=O) groups excluding carboxylic acids is 1. The molecule has 0 spiro atoms. The van der Waals surface area contributed by atoms with Gasteiger partial charge in [0.2, 0.25) is 0 Å². The summed E-state index contributed by atoms with van der Waals surface area (Å²) in [6, 6.07) is 0. The Kier molecular flexibility index (Phi) is 2.79. The van der Waals surface area contributed by atoms with Crippen molar-refractivity contribution in [1.82, 2.24) is 0 Å². The van der Waals surface area contributed by atoms with E-state index in [1.165, 1.54) is 0 Å². The molecule has 0 rings (SSSR count). The first-order chi connectivity index (χ1) is 3.13. The summed E-state index contributed by atoms with van der Waals surface area (Å²) in [4.78, 5) is 9.71. The third kappa shape index (κ3) is 5.79. The van der Waals surface area contributed by atoms with Crippen molar-refractivity contribution in [3.8, 4) is 0 Å². The van der Waals surface area contributed by atoms with Gasteiger partial charge in [-0.2, -0.15) is 0 Å². The second-order valence-corrected chi connectivity index (χ2v) is 2.40. The molecule has 1 N–H and O–H groups in total. The summed E-state index contributed by atoms with van der Waals surface area (Å²) in [5.41, 5.74) is 0. The van der Waals surface area contributed by atoms with Crippen LogP contribution in [0.3, 0.4) is 0 Å². The summed E-state index contributed by atoms with van der Waals surface area (Å²) in [7, 11) is 0. The van der Waals surface area contributed by atoms with Crippen molar-refractivity contribution in [2.45, 2.75) is 6.92 Å². The van der Waals surface area contributed by atoms with Crippen molar-refractivity contribution in [1.29, 1.82) is 0 Å². The van der Waals surface area contributed by atoms with E-state index in [4.69, 9.17) is 4.10 Å². The third-order valence-electron chi connectivity index (χ3n) is 0.231. The van der Waals surface area contributed by atoms with Crippen LogP contribution >= 0.6 is 0 Å². The van der Waals surface area contributed by atoms with Gasteiger partial charge >= 0.3 is 44.5 Å². The fraction of sp³-hybridized carbons (Fsp3) is 0.500. The molecule has 0 aliphatic carbocycles. The predicted octanol–water partition coefficient (Wildman–Crippen LogP) is -1.31. The molecule has 1 unspecified atom stereocenters. The summed E-state index contributed by atoms with van der Waals surface area (Å²) < 4.78 is 21.3. The maximum absolute atomic E-state index is 9.71. The van der Waals surface area contributed by atoms with Crippen LogP contribution in [0.25, 0.3) is 0 Å². The first kappa shape index (κ1) is 6.79. The quantitative estimate of drug-likeness (QED) is 0.493. The van der Waals surface area contributed by atoms with E-state index in [-0.39, 0.29) is 0 Å². The molecule has 0 aliphatic heterocycles. The Morgan fingerprint density at radius 3 is 2.29 bits per heavy atom. The van der Waals surface area contributed by atoms with E-state index >= 15 is 0 Å². The van der Waals surface area contributed by atoms with Crippen LogP contribution in [0.15, 0.2) is 0 Å². The first-order valence-corrected chi connectivity index (χ1v) is 4.19. The monoisotopic (exact) mass is 168 g/mol. The van der Waals surface area contributed by atoms with E-state index in [1.54, 1.807) is 0 Å². The van der Waals surface area contributed by atoms with Gasteiger partial charge < -0.3 is 0 Å². The molecule has 0 saturated heterocycles. The Bertz CT molecular complexity index is 85.9. The minimum absolute atomic E-state index is 0.701. The van der Waals surface area contributed by atoms with Crippen LogP contribution in [0.4, 0.5) is 0 Å². The summed E-state index contributed by atoms with van der Waals surface area (Å²) >= 11 is -3.55. The molecule has 0 amide bonds. The van der Waals surface area contributed by atoms with E-state index in [2.05, 4.69) is 3.73 Å². The van der Waals surface area contributed by atoms with Crippen molar-refractivity contribution in [3.05, 3.63) is 0 Å². The van der Waals surface area contributed by atoms with Crippen molar-refractivity contribution >= 4 is 21.2 Å². The van der Waals surface area contributed by atoms with Gasteiger partial charge in [-0.1, -0.05) is 0 Å². The van der Waals surface area contributed by atoms with Crippen LogP contribution in [0.5, 0.6) is 0 Å². The fourth-order valence-corrected chi connectivity index (χ4v) is 0.639. The first-order valence-electron chi connectivity index (χ1n) is 1.54. The van der Waals surface area contributed by atoms with Crippen molar-refractivity contribution in [2.24, 2.45) is 0 Å². The molecule has 7 heavy (non-hydrogen) atoms. The van der Waals surface area contributed by atoms with E-state index in [0.29, 0.717) is 0 Å². The van der Waals surface area contributed by atoms with Crippen LogP contribution in [0.1, 0.15) is 6.92 Å². The number of rotatable bonds is 1. The molecule has 5 heteroatoms. The van der Waals surface area contributed by atoms with Gasteiger partial charge in [-0.15, -0.1) is 0 Å². The second-order valence-electron chi connectivity index (χ2n) is 0.860. The van der Waals surface area contributed by atoms with E-state index < -0.39 is 21.2 Å². The maximum atomic E-state index is 9.71. The van der Waals surface area contributed by atoms with Crippen molar-refractivity contribution in [3.63, 3.8) is 0 Å². The SMILES string of the molecule is CC(=O)O[AsH](=O)O. The van der Waals surface area contributed by atoms with Crippen molar-refractivity contribution < 1.29 is 16.4 Å². The molecule has 0 aliphatic rings. The molecule has 0 saturated carbocycles. The van der Waals surface area contributed by atoms with Gasteiger partial charge in [0, 0.05) is 0 Å². The zero-order valence-electron chi connectivity index (χ0n) is 3.67. The standard InChI is InChI=1S/C2H5AsO4/c1-2(4)7-3(5)6/h3H,1H3,(H,5,6). The summed E-state index contributed by atoms with van der Waals surface area (Å²) in [6.07, 6.45) is 0. The summed E-state index contributed by atoms with van der Waals surface area (Å²) in [6.45, 7) is 1.08. The van der Waals surface area contributed by atoms with Gasteiger partial charge in [0.25, 0.3) is 0 Å². The normalized spacial score (nSPS) is 12.9. The molecular formula is C2H5AsO4. The summed E-state index contributed by atoms with van der Waals surface area (Å²) in [5.74, 6) is -0.701. The van der Waals surface area contributed by atoms with Crippen LogP contribution in [0, 0.1) is 0 Å². The van der Waals surface area contributed by atoms with Crippen molar-refractivity contribution in [2.75, 3.05) is 0 Å². The van der Waals surface area contributed by atoms with E-state index in [1.807, 2.05) is 0 Å². The fourth-order valence-electron chi connectivity index (χ4n) is 0.123. The van der Waals surface area contributed by atoms with Gasteiger partial charge in [-0.25, -0.2) is 0 Å². The Morgan fingerprint density at radius 2 is 2.29 bits per heavy atom. The van der Waals surface area contributed by atoms with Crippen LogP contribution in [-0.2, 0) is 12.3 Å². The average molecular weight is 168 g/mol. The molecule has 0 fully saturated rings. The molecule has 0 bridgehead atoms. The molecule has 0 heterocycles. The predicted molar refractivity (Wildman–Crippen MR) is 21.8 cm³/mol. The zero-order chi connectivity index (χ0) is 5.86. The van der Waals surface area contributed by atoms with Gasteiger partial charge in [0.05, 0.1) is 0 Å². The zero-order valence-corrected chi connectivity index (χ0v) is 5.77. The molecular weight excluding hydrogens is 163 g/mol. The average Bonchev–Trinajstić information content (AvgIpc) is 1.27. The second kappa shape index (κ2) is 2.88. The molecule has 0 radical (unpaired) electrons. The molecule has 42 valence electrons. The Labute approximate surface area is 45.3 Å². The topological polar surface area (TPSA) is 63.6 Å². The molecule has 1 atom stereocenters. The van der Waals surface area contributed by atoms with Gasteiger partial charge in [-0.3, -0.25) is 0 Å². The summed E-state index contributed by atoms with van der Waals surface area (Å²) in [5, 5.41) is 0. The van der Waals surface area contributed by atoms with Crippen LogP contribution in [-0.4, -0.2) is 25.3 Å². The molecule has 0 aromatic heterocycles. The Hall–Kier alpha value is -0.212. The Morgan fingerprint density at radius 1 is 1.86 bits per heavy atom. The van der Waals surface area contributed by atoms with Crippen LogP contribution < -0.4 is 0 Å². The minimum atomic E-state index is -3.55. The van der Waals surface area contributed by atoms with Gasteiger partial charge in [-0.05, 0) is 0 Å². The van der Waals surface area contributed by atoms with Gasteiger partial charge in [0.1, 0.15) is 0 Å². The number of hydrogen-bond acceptors (Lipinski definition) is 3. The third-order valence-corrected chi connectivity index (χ3v) is 1.20. The molecule has 4 nitrogen and oxygen atoms in total.